The first-order valence-electron chi connectivity index (χ1n) is 6.81. The number of aliphatic hydroxyl groups excluding tert-OH is 1. The molecular weight excluding hydrogens is 266 g/mol. The topological polar surface area (TPSA) is 58.6 Å². The lowest BCUT2D eigenvalue weighted by Crippen LogP contribution is -2.23. The lowest BCUT2D eigenvalue weighted by molar-refractivity contribution is 0.0600. The number of hydrogen-bond acceptors (Lipinski definition) is 4. The average Bonchev–Trinajstić information content (AvgIpc) is 2.56. The van der Waals surface area contributed by atoms with Gasteiger partial charge in [-0.3, -0.25) is 0 Å². The van der Waals surface area contributed by atoms with Gasteiger partial charge < -0.3 is 15.2 Å². The van der Waals surface area contributed by atoms with Crippen molar-refractivity contribution in [3.05, 3.63) is 71.3 Å². The fraction of sp³-hybridized carbons (Fsp3) is 0.235. The van der Waals surface area contributed by atoms with E-state index in [1.54, 1.807) is 12.1 Å². The van der Waals surface area contributed by atoms with E-state index < -0.39 is 0 Å². The lowest BCUT2D eigenvalue weighted by atomic mass is 10.1. The zero-order chi connectivity index (χ0) is 15.1. The van der Waals surface area contributed by atoms with Gasteiger partial charge in [-0.15, -0.1) is 0 Å². The van der Waals surface area contributed by atoms with Crippen LogP contribution in [-0.2, 0) is 11.3 Å². The van der Waals surface area contributed by atoms with Gasteiger partial charge in [-0.2, -0.15) is 0 Å². The van der Waals surface area contributed by atoms with E-state index in [-0.39, 0.29) is 18.6 Å². The molecule has 4 heteroatoms. The highest BCUT2D eigenvalue weighted by Gasteiger charge is 2.09. The third-order valence-electron chi connectivity index (χ3n) is 3.31. The normalized spacial score (nSPS) is 11.9. The smallest absolute Gasteiger partial charge is 0.337 e. The molecule has 0 spiro atoms. The fourth-order valence-corrected chi connectivity index (χ4v) is 2.09. The molecule has 2 aromatic carbocycles. The fourth-order valence-electron chi connectivity index (χ4n) is 2.09. The van der Waals surface area contributed by atoms with Crippen molar-refractivity contribution in [1.82, 2.24) is 5.32 Å². The Kier molecular flexibility index (Phi) is 5.49. The van der Waals surface area contributed by atoms with Crippen molar-refractivity contribution in [3.63, 3.8) is 0 Å². The highest BCUT2D eigenvalue weighted by atomic mass is 16.5. The molecule has 110 valence electrons. The standard InChI is InChI=1S/C17H19NO3/c1-21-17(20)15-9-7-13(8-10-15)11-18-16(12-19)14-5-3-2-4-6-14/h2-10,16,18-19H,11-12H2,1H3/t16-/m0/s1. The molecule has 1 atom stereocenters. The largest absolute Gasteiger partial charge is 0.465 e. The summed E-state index contributed by atoms with van der Waals surface area (Å²) in [5, 5.41) is 12.8. The maximum Gasteiger partial charge on any atom is 0.337 e. The molecule has 0 heterocycles. The van der Waals surface area contributed by atoms with Crippen molar-refractivity contribution in [2.24, 2.45) is 0 Å². The third-order valence-corrected chi connectivity index (χ3v) is 3.31. The second-order valence-electron chi connectivity index (χ2n) is 4.72. The molecule has 0 fully saturated rings. The molecule has 2 aromatic rings. The Morgan fingerprint density at radius 1 is 1.14 bits per heavy atom. The highest BCUT2D eigenvalue weighted by molar-refractivity contribution is 5.89. The minimum atomic E-state index is -0.341. The number of ether oxygens (including phenoxy) is 1. The Bertz CT molecular complexity index is 566. The Morgan fingerprint density at radius 2 is 1.81 bits per heavy atom. The van der Waals surface area contributed by atoms with Crippen LogP contribution in [0.4, 0.5) is 0 Å². The van der Waals surface area contributed by atoms with E-state index in [0.717, 1.165) is 11.1 Å². The molecule has 0 bridgehead atoms. The highest BCUT2D eigenvalue weighted by Crippen LogP contribution is 2.13. The quantitative estimate of drug-likeness (QED) is 0.800. The van der Waals surface area contributed by atoms with Gasteiger partial charge >= 0.3 is 5.97 Å². The molecule has 0 aromatic heterocycles. The summed E-state index contributed by atoms with van der Waals surface area (Å²) in [4.78, 5) is 11.4. The summed E-state index contributed by atoms with van der Waals surface area (Å²) in [5.74, 6) is -0.341. The summed E-state index contributed by atoms with van der Waals surface area (Å²) in [6.07, 6.45) is 0. The van der Waals surface area contributed by atoms with Crippen LogP contribution in [0.1, 0.15) is 27.5 Å². The first-order chi connectivity index (χ1) is 10.2. The number of rotatable bonds is 6. The van der Waals surface area contributed by atoms with E-state index in [1.807, 2.05) is 42.5 Å². The first kappa shape index (κ1) is 15.2. The number of hydrogen-bond donors (Lipinski definition) is 2. The predicted octanol–water partition coefficient (Wildman–Crippen LogP) is 2.30. The number of nitrogens with one attached hydrogen (secondary N) is 1. The van der Waals surface area contributed by atoms with Gasteiger partial charge in [-0.25, -0.2) is 4.79 Å². The van der Waals surface area contributed by atoms with Gasteiger partial charge in [0.05, 0.1) is 25.3 Å². The Labute approximate surface area is 124 Å². The van der Waals surface area contributed by atoms with Crippen LogP contribution in [-0.4, -0.2) is 24.8 Å². The van der Waals surface area contributed by atoms with Crippen LogP contribution >= 0.6 is 0 Å². The lowest BCUT2D eigenvalue weighted by Gasteiger charge is -2.16. The van der Waals surface area contributed by atoms with Crippen LogP contribution in [0.15, 0.2) is 54.6 Å². The third kappa shape index (κ3) is 4.15. The molecule has 0 saturated heterocycles. The van der Waals surface area contributed by atoms with E-state index in [0.29, 0.717) is 12.1 Å². The van der Waals surface area contributed by atoms with Gasteiger partial charge in [0.15, 0.2) is 0 Å². The Morgan fingerprint density at radius 3 is 2.38 bits per heavy atom. The molecule has 0 aliphatic rings. The van der Waals surface area contributed by atoms with Crippen LogP contribution in [0.3, 0.4) is 0 Å². The van der Waals surface area contributed by atoms with E-state index in [9.17, 15) is 9.90 Å². The Balaban J connectivity index is 1.97. The zero-order valence-corrected chi connectivity index (χ0v) is 12.0. The van der Waals surface area contributed by atoms with Gasteiger partial charge in [0.2, 0.25) is 0 Å². The molecule has 0 aliphatic carbocycles. The van der Waals surface area contributed by atoms with E-state index in [2.05, 4.69) is 10.1 Å². The Hall–Kier alpha value is -2.17. The van der Waals surface area contributed by atoms with Gasteiger partial charge in [-0.05, 0) is 23.3 Å². The number of methoxy groups -OCH3 is 1. The predicted molar refractivity (Wildman–Crippen MR) is 80.9 cm³/mol. The summed E-state index contributed by atoms with van der Waals surface area (Å²) in [5.41, 5.74) is 2.62. The van der Waals surface area contributed by atoms with Gasteiger partial charge in [0.25, 0.3) is 0 Å². The maximum atomic E-state index is 11.4. The number of carbonyl (C=O) groups is 1. The molecule has 2 N–H and O–H groups in total. The number of carbonyl (C=O) groups excluding carboxylic acids is 1. The molecule has 0 radical (unpaired) electrons. The van der Waals surface area contributed by atoms with Gasteiger partial charge in [0.1, 0.15) is 0 Å². The van der Waals surface area contributed by atoms with Crippen LogP contribution in [0.25, 0.3) is 0 Å². The van der Waals surface area contributed by atoms with Gasteiger partial charge in [-0.1, -0.05) is 42.5 Å². The van der Waals surface area contributed by atoms with Gasteiger partial charge in [0, 0.05) is 6.54 Å². The molecule has 4 nitrogen and oxygen atoms in total. The second kappa shape index (κ2) is 7.57. The summed E-state index contributed by atoms with van der Waals surface area (Å²) in [6, 6.07) is 16.9. The van der Waals surface area contributed by atoms with Crippen molar-refractivity contribution in [2.45, 2.75) is 12.6 Å². The molecule has 2 rings (SSSR count). The minimum Gasteiger partial charge on any atom is -0.465 e. The molecular formula is C17H19NO3. The van der Waals surface area contributed by atoms with Crippen LogP contribution in [0.5, 0.6) is 0 Å². The summed E-state index contributed by atoms with van der Waals surface area (Å²) in [7, 11) is 1.36. The molecule has 0 aliphatic heterocycles. The monoisotopic (exact) mass is 285 g/mol. The van der Waals surface area contributed by atoms with Crippen molar-refractivity contribution >= 4 is 5.97 Å². The summed E-state index contributed by atoms with van der Waals surface area (Å²) in [6.45, 7) is 0.645. The zero-order valence-electron chi connectivity index (χ0n) is 12.0. The summed E-state index contributed by atoms with van der Waals surface area (Å²) >= 11 is 0. The van der Waals surface area contributed by atoms with E-state index in [4.69, 9.17) is 0 Å². The van der Waals surface area contributed by atoms with Crippen LogP contribution < -0.4 is 5.32 Å². The average molecular weight is 285 g/mol. The van der Waals surface area contributed by atoms with E-state index in [1.165, 1.54) is 7.11 Å². The summed E-state index contributed by atoms with van der Waals surface area (Å²) < 4.78 is 4.66. The van der Waals surface area contributed by atoms with Crippen molar-refractivity contribution in [2.75, 3.05) is 13.7 Å². The number of benzene rings is 2. The molecule has 0 saturated carbocycles. The minimum absolute atomic E-state index is 0.0320. The SMILES string of the molecule is COC(=O)c1ccc(CN[C@@H](CO)c2ccccc2)cc1. The molecule has 21 heavy (non-hydrogen) atoms. The van der Waals surface area contributed by atoms with Crippen LogP contribution in [0.2, 0.25) is 0 Å². The van der Waals surface area contributed by atoms with Crippen molar-refractivity contribution < 1.29 is 14.6 Å². The van der Waals surface area contributed by atoms with Crippen molar-refractivity contribution in [3.8, 4) is 0 Å². The number of aliphatic hydroxyl groups is 1. The van der Waals surface area contributed by atoms with Crippen LogP contribution in [0, 0.1) is 0 Å². The molecule has 0 unspecified atom stereocenters. The van der Waals surface area contributed by atoms with Crippen molar-refractivity contribution in [1.29, 1.82) is 0 Å². The van der Waals surface area contributed by atoms with E-state index >= 15 is 0 Å². The second-order valence-corrected chi connectivity index (χ2v) is 4.72. The maximum absolute atomic E-state index is 11.4. The number of esters is 1. The molecule has 0 amide bonds. The first-order valence-corrected chi connectivity index (χ1v) is 6.81.